The maximum atomic E-state index is 12.9. The molecule has 1 aromatic rings. The van der Waals surface area contributed by atoms with E-state index in [9.17, 15) is 39.5 Å². The molecule has 125 valence electrons. The van der Waals surface area contributed by atoms with Crippen molar-refractivity contribution in [3.63, 3.8) is 0 Å². The van der Waals surface area contributed by atoms with E-state index in [4.69, 9.17) is 0 Å². The van der Waals surface area contributed by atoms with Crippen molar-refractivity contribution >= 4 is 0 Å². The lowest BCUT2D eigenvalue weighted by molar-refractivity contribution is -0.149. The molecule has 0 heterocycles. The third-order valence-corrected chi connectivity index (χ3v) is 2.76. The molecule has 0 bridgehead atoms. The Morgan fingerprint density at radius 3 is 1.45 bits per heavy atom. The molecule has 22 heavy (non-hydrogen) atoms. The first-order valence-electron chi connectivity index (χ1n) is 6.01. The van der Waals surface area contributed by atoms with Crippen molar-refractivity contribution < 1.29 is 39.5 Å². The van der Waals surface area contributed by atoms with Crippen LogP contribution in [-0.2, 0) is 18.5 Å². The second-order valence-corrected chi connectivity index (χ2v) is 4.47. The van der Waals surface area contributed by atoms with Gasteiger partial charge in [0.25, 0.3) is 0 Å². The second kappa shape index (κ2) is 6.00. The van der Waals surface area contributed by atoms with Gasteiger partial charge in [0.2, 0.25) is 0 Å². The lowest BCUT2D eigenvalue weighted by atomic mass is 9.92. The third kappa shape index (κ3) is 4.30. The molecular weight excluding hydrogens is 327 g/mol. The van der Waals surface area contributed by atoms with E-state index in [0.717, 1.165) is 0 Å². The maximum absolute atomic E-state index is 12.9. The Balaban J connectivity index is 3.70. The Morgan fingerprint density at radius 2 is 1.18 bits per heavy atom. The summed E-state index contributed by atoms with van der Waals surface area (Å²) in [5.41, 5.74) is -7.14. The van der Waals surface area contributed by atoms with Crippen LogP contribution in [0.15, 0.2) is 12.1 Å². The van der Waals surface area contributed by atoms with E-state index < -0.39 is 40.8 Å². The normalized spacial score (nSPS) is 13.5. The zero-order valence-electron chi connectivity index (χ0n) is 11.0. The molecule has 0 aliphatic carbocycles. The Morgan fingerprint density at radius 1 is 0.773 bits per heavy atom. The average molecular weight is 337 g/mol. The molecule has 1 aromatic carbocycles. The first-order valence-corrected chi connectivity index (χ1v) is 6.01. The van der Waals surface area contributed by atoms with Crippen molar-refractivity contribution in [2.24, 2.45) is 0 Å². The number of hydrogen-bond donors (Lipinski definition) is 0. The second-order valence-electron chi connectivity index (χ2n) is 4.47. The highest BCUT2D eigenvalue weighted by molar-refractivity contribution is 5.47. The highest BCUT2D eigenvalue weighted by Gasteiger charge is 2.44. The van der Waals surface area contributed by atoms with Gasteiger partial charge in [-0.25, -0.2) is 0 Å². The molecule has 0 fully saturated rings. The number of rotatable bonds is 3. The zero-order valence-corrected chi connectivity index (χ0v) is 11.0. The molecule has 1 rings (SSSR count). The minimum atomic E-state index is -5.33. The topological polar surface area (TPSA) is 0 Å². The van der Waals surface area contributed by atoms with Crippen molar-refractivity contribution in [1.82, 2.24) is 0 Å². The van der Waals surface area contributed by atoms with Crippen molar-refractivity contribution in [1.29, 1.82) is 0 Å². The van der Waals surface area contributed by atoms with E-state index in [1.54, 1.807) is 0 Å². The summed E-state index contributed by atoms with van der Waals surface area (Å²) < 4.78 is 115. The van der Waals surface area contributed by atoms with Crippen LogP contribution in [0.25, 0.3) is 0 Å². The summed E-state index contributed by atoms with van der Waals surface area (Å²) in [7, 11) is 0. The number of benzene rings is 1. The first-order chi connectivity index (χ1) is 9.78. The van der Waals surface area contributed by atoms with E-state index in [2.05, 4.69) is 0 Å². The highest BCUT2D eigenvalue weighted by atomic mass is 19.4. The molecular formula is C13H10F9. The molecule has 0 nitrogen and oxygen atoms in total. The number of unbranched alkanes of at least 4 members (excludes halogenated alkanes) is 1. The van der Waals surface area contributed by atoms with Crippen molar-refractivity contribution in [3.8, 4) is 0 Å². The van der Waals surface area contributed by atoms with E-state index in [0.29, 0.717) is 6.42 Å². The fourth-order valence-electron chi connectivity index (χ4n) is 1.79. The van der Waals surface area contributed by atoms with E-state index in [1.165, 1.54) is 6.92 Å². The summed E-state index contributed by atoms with van der Waals surface area (Å²) in [5.74, 6) is 0. The van der Waals surface area contributed by atoms with E-state index in [-0.39, 0.29) is 25.0 Å². The van der Waals surface area contributed by atoms with Crippen LogP contribution in [0, 0.1) is 6.42 Å². The third-order valence-electron chi connectivity index (χ3n) is 2.76. The van der Waals surface area contributed by atoms with Gasteiger partial charge in [0.05, 0.1) is 16.7 Å². The predicted molar refractivity (Wildman–Crippen MR) is 59.8 cm³/mol. The molecule has 0 unspecified atom stereocenters. The van der Waals surface area contributed by atoms with Gasteiger partial charge in [0, 0.05) is 0 Å². The predicted octanol–water partition coefficient (Wildman–Crippen LogP) is 6.10. The molecule has 0 amide bonds. The van der Waals surface area contributed by atoms with Crippen LogP contribution in [0.4, 0.5) is 39.5 Å². The highest BCUT2D eigenvalue weighted by Crippen LogP contribution is 2.44. The van der Waals surface area contributed by atoms with Gasteiger partial charge in [-0.2, -0.15) is 39.5 Å². The summed E-state index contributed by atoms with van der Waals surface area (Å²) >= 11 is 0. The van der Waals surface area contributed by atoms with Crippen LogP contribution in [0.3, 0.4) is 0 Å². The molecule has 0 atom stereocenters. The largest absolute Gasteiger partial charge is 0.416 e. The van der Waals surface area contributed by atoms with Gasteiger partial charge in [-0.1, -0.05) is 13.3 Å². The fourth-order valence-corrected chi connectivity index (χ4v) is 1.79. The molecule has 0 aliphatic heterocycles. The summed E-state index contributed by atoms with van der Waals surface area (Å²) in [6.45, 7) is 1.51. The quantitative estimate of drug-likeness (QED) is 0.585. The zero-order chi connectivity index (χ0) is 17.3. The number of halogens is 9. The van der Waals surface area contributed by atoms with Gasteiger partial charge < -0.3 is 0 Å². The summed E-state index contributed by atoms with van der Waals surface area (Å²) in [6.07, 6.45) is -15.2. The van der Waals surface area contributed by atoms with E-state index >= 15 is 0 Å². The fraction of sp³-hybridized carbons (Fsp3) is 0.462. The van der Waals surface area contributed by atoms with E-state index in [1.807, 2.05) is 0 Å². The number of alkyl halides is 9. The van der Waals surface area contributed by atoms with Gasteiger partial charge in [-0.05, 0) is 30.5 Å². The van der Waals surface area contributed by atoms with Crippen molar-refractivity contribution in [3.05, 3.63) is 40.8 Å². The van der Waals surface area contributed by atoms with Gasteiger partial charge in [0.1, 0.15) is 0 Å². The van der Waals surface area contributed by atoms with Gasteiger partial charge in [0.15, 0.2) is 0 Å². The summed E-state index contributed by atoms with van der Waals surface area (Å²) in [6, 6.07) is -0.590. The van der Waals surface area contributed by atoms with Crippen LogP contribution in [0.2, 0.25) is 0 Å². The Bertz CT molecular complexity index is 485. The maximum Gasteiger partial charge on any atom is 0.416 e. The minimum absolute atomic E-state index is 0.127. The molecule has 0 saturated heterocycles. The molecule has 0 aromatic heterocycles. The molecule has 0 saturated carbocycles. The Hall–Kier alpha value is -1.41. The molecule has 1 radical (unpaired) electrons. The summed E-state index contributed by atoms with van der Waals surface area (Å²) in [5, 5.41) is 0. The number of hydrogen-bond acceptors (Lipinski definition) is 0. The SMILES string of the molecule is CCC[CH]c1c(C(F)(F)F)cc(C(F)(F)F)cc1C(F)(F)F. The van der Waals surface area contributed by atoms with Crippen LogP contribution in [0.5, 0.6) is 0 Å². The standard InChI is InChI=1S/C13H10F9/c1-2-3-4-8-9(12(17,18)19)5-7(11(14,15)16)6-10(8)13(20,21)22/h4-6H,2-3H2,1H3. The monoisotopic (exact) mass is 337 g/mol. The van der Waals surface area contributed by atoms with Crippen molar-refractivity contribution in [2.45, 2.75) is 38.3 Å². The van der Waals surface area contributed by atoms with Gasteiger partial charge in [-0.15, -0.1) is 0 Å². The first kappa shape index (κ1) is 18.6. The average Bonchev–Trinajstić information content (AvgIpc) is 2.31. The summed E-state index contributed by atoms with van der Waals surface area (Å²) in [4.78, 5) is 0. The minimum Gasteiger partial charge on any atom is -0.166 e. The van der Waals surface area contributed by atoms with Crippen LogP contribution in [-0.4, -0.2) is 0 Å². The lowest BCUT2D eigenvalue weighted by Gasteiger charge is -2.21. The molecule has 0 spiro atoms. The smallest absolute Gasteiger partial charge is 0.166 e. The van der Waals surface area contributed by atoms with Gasteiger partial charge >= 0.3 is 18.5 Å². The Labute approximate surface area is 119 Å². The lowest BCUT2D eigenvalue weighted by Crippen LogP contribution is -2.19. The molecule has 0 aliphatic rings. The molecule has 0 N–H and O–H groups in total. The Kier molecular flexibility index (Phi) is 5.08. The van der Waals surface area contributed by atoms with Crippen LogP contribution >= 0.6 is 0 Å². The van der Waals surface area contributed by atoms with Crippen LogP contribution in [0.1, 0.15) is 42.0 Å². The van der Waals surface area contributed by atoms with Crippen LogP contribution < -0.4 is 0 Å². The van der Waals surface area contributed by atoms with Crippen molar-refractivity contribution in [2.75, 3.05) is 0 Å². The van der Waals surface area contributed by atoms with Gasteiger partial charge in [-0.3, -0.25) is 0 Å². The molecule has 9 heteroatoms.